The van der Waals surface area contributed by atoms with Gasteiger partial charge >= 0.3 is 11.1 Å². The molecule has 1 aromatic heterocycles. The van der Waals surface area contributed by atoms with Crippen molar-refractivity contribution in [2.24, 2.45) is 5.92 Å². The molecule has 4 aromatic rings. The molecule has 7 nitrogen and oxygen atoms in total. The number of fused-ring (bicyclic) bond motifs is 2. The number of aromatic nitrogens is 2. The fourth-order valence-electron chi connectivity index (χ4n) is 4.52. The van der Waals surface area contributed by atoms with E-state index in [2.05, 4.69) is 11.6 Å². The van der Waals surface area contributed by atoms with Crippen LogP contribution in [-0.2, 0) is 11.3 Å². The topological polar surface area (TPSA) is 95.4 Å². The fraction of sp³-hybridized carbons (Fsp3) is 0.160. The maximum atomic E-state index is 15.9. The van der Waals surface area contributed by atoms with Crippen LogP contribution >= 0.6 is 11.6 Å². The summed E-state index contributed by atoms with van der Waals surface area (Å²) in [6.45, 7) is 4.38. The summed E-state index contributed by atoms with van der Waals surface area (Å²) in [5, 5.41) is 11.6. The highest BCUT2D eigenvalue weighted by molar-refractivity contribution is 6.34. The number of carbonyl (C=O) groups is 1. The van der Waals surface area contributed by atoms with Crippen LogP contribution in [0, 0.1) is 11.7 Å². The quantitative estimate of drug-likeness (QED) is 0.345. The molecule has 1 aliphatic rings. The Hall–Kier alpha value is -3.91. The van der Waals surface area contributed by atoms with Crippen molar-refractivity contribution in [3.05, 3.63) is 86.7 Å². The monoisotopic (exact) mass is 479 g/mol. The van der Waals surface area contributed by atoms with Crippen LogP contribution in [0.15, 0.2) is 64.7 Å². The van der Waals surface area contributed by atoms with Gasteiger partial charge in [-0.15, -0.1) is 0 Å². The lowest BCUT2D eigenvalue weighted by Gasteiger charge is -2.39. The summed E-state index contributed by atoms with van der Waals surface area (Å²) in [7, 11) is 0. The van der Waals surface area contributed by atoms with Gasteiger partial charge in [0.1, 0.15) is 11.3 Å². The van der Waals surface area contributed by atoms with Crippen molar-refractivity contribution in [2.45, 2.75) is 6.54 Å². The van der Waals surface area contributed by atoms with E-state index in [1.807, 2.05) is 0 Å². The number of aromatic hydroxyl groups is 1. The second kappa shape index (κ2) is 8.14. The molecule has 9 heteroatoms. The normalized spacial score (nSPS) is 13.9. The van der Waals surface area contributed by atoms with E-state index in [1.54, 1.807) is 35.2 Å². The number of phenols is 1. The van der Waals surface area contributed by atoms with Gasteiger partial charge in [-0.05, 0) is 40.6 Å². The zero-order chi connectivity index (χ0) is 24.1. The van der Waals surface area contributed by atoms with Crippen LogP contribution in [-0.4, -0.2) is 38.6 Å². The molecule has 0 unspecified atom stereocenters. The molecule has 34 heavy (non-hydrogen) atoms. The number of benzene rings is 3. The van der Waals surface area contributed by atoms with E-state index in [9.17, 15) is 19.5 Å². The Morgan fingerprint density at radius 2 is 1.97 bits per heavy atom. The van der Waals surface area contributed by atoms with Crippen LogP contribution in [0.5, 0.6) is 5.75 Å². The van der Waals surface area contributed by atoms with Crippen LogP contribution in [0.2, 0.25) is 5.02 Å². The summed E-state index contributed by atoms with van der Waals surface area (Å²) in [5.41, 5.74) is -1.43. The summed E-state index contributed by atoms with van der Waals surface area (Å²) in [4.78, 5) is 40.7. The maximum absolute atomic E-state index is 15.9. The first kappa shape index (κ1) is 21.9. The molecule has 1 amide bonds. The van der Waals surface area contributed by atoms with Gasteiger partial charge in [-0.3, -0.25) is 14.4 Å². The third kappa shape index (κ3) is 3.47. The van der Waals surface area contributed by atoms with Gasteiger partial charge in [0.25, 0.3) is 0 Å². The van der Waals surface area contributed by atoms with Crippen LogP contribution < -0.4 is 11.1 Å². The molecule has 1 saturated heterocycles. The Bertz CT molecular complexity index is 1620. The van der Waals surface area contributed by atoms with Gasteiger partial charge in [0.2, 0.25) is 5.91 Å². The third-order valence-corrected chi connectivity index (χ3v) is 6.46. The van der Waals surface area contributed by atoms with Crippen molar-refractivity contribution in [1.82, 2.24) is 14.5 Å². The molecule has 2 heterocycles. The molecule has 0 bridgehead atoms. The molecular formula is C25H19ClFN3O4. The molecule has 3 aromatic carbocycles. The average molecular weight is 480 g/mol. The number of nitrogens with one attached hydrogen (secondary N) is 1. The predicted molar refractivity (Wildman–Crippen MR) is 129 cm³/mol. The second-order valence-electron chi connectivity index (χ2n) is 8.34. The number of nitrogens with zero attached hydrogens (tertiary/aromatic N) is 2. The van der Waals surface area contributed by atoms with E-state index >= 15 is 4.39 Å². The number of phenolic OH excluding ortho intramolecular Hbond substituents is 1. The van der Waals surface area contributed by atoms with E-state index in [0.717, 1.165) is 0 Å². The van der Waals surface area contributed by atoms with Gasteiger partial charge in [0.15, 0.2) is 5.82 Å². The number of likely N-dealkylation sites (tertiary alicyclic amines) is 1. The summed E-state index contributed by atoms with van der Waals surface area (Å²) in [6.07, 6.45) is 1.22. The van der Waals surface area contributed by atoms with Gasteiger partial charge in [-0.2, -0.15) is 0 Å². The van der Waals surface area contributed by atoms with Crippen molar-refractivity contribution >= 4 is 39.3 Å². The maximum Gasteiger partial charge on any atom is 0.316 e. The second-order valence-corrected chi connectivity index (χ2v) is 8.75. The molecule has 0 saturated carbocycles. The molecule has 0 atom stereocenters. The highest BCUT2D eigenvalue weighted by Gasteiger charge is 2.31. The summed E-state index contributed by atoms with van der Waals surface area (Å²) < 4.78 is 17.1. The van der Waals surface area contributed by atoms with Crippen LogP contribution in [0.1, 0.15) is 0 Å². The Labute approximate surface area is 197 Å². The lowest BCUT2D eigenvalue weighted by atomic mass is 9.96. The highest BCUT2D eigenvalue weighted by atomic mass is 35.5. The first-order valence-corrected chi connectivity index (χ1v) is 10.9. The van der Waals surface area contributed by atoms with Crippen LogP contribution in [0.3, 0.4) is 0 Å². The van der Waals surface area contributed by atoms with Crippen molar-refractivity contribution in [2.75, 3.05) is 13.1 Å². The van der Waals surface area contributed by atoms with Crippen molar-refractivity contribution in [3.8, 4) is 16.9 Å². The van der Waals surface area contributed by atoms with Crippen molar-refractivity contribution < 1.29 is 14.3 Å². The molecule has 0 radical (unpaired) electrons. The van der Waals surface area contributed by atoms with E-state index < -0.39 is 16.9 Å². The highest BCUT2D eigenvalue weighted by Crippen LogP contribution is 2.40. The van der Waals surface area contributed by atoms with Gasteiger partial charge in [0.05, 0.1) is 10.5 Å². The van der Waals surface area contributed by atoms with E-state index in [-0.39, 0.29) is 45.7 Å². The molecule has 1 fully saturated rings. The SMILES string of the molecule is C=CC(=O)N1CC(Cn2c(=O)c(=O)[nH]c3c(F)c(-c4cc(O)cc5ccccc45)c(Cl)cc32)C1. The summed E-state index contributed by atoms with van der Waals surface area (Å²) >= 11 is 6.53. The Morgan fingerprint density at radius 3 is 2.71 bits per heavy atom. The number of rotatable bonds is 4. The molecule has 2 N–H and O–H groups in total. The van der Waals surface area contributed by atoms with Gasteiger partial charge < -0.3 is 19.6 Å². The zero-order valence-corrected chi connectivity index (χ0v) is 18.6. The first-order valence-electron chi connectivity index (χ1n) is 10.6. The molecule has 0 spiro atoms. The Kier molecular flexibility index (Phi) is 5.25. The first-order chi connectivity index (χ1) is 16.3. The van der Waals surface area contributed by atoms with Crippen LogP contribution in [0.25, 0.3) is 32.9 Å². The van der Waals surface area contributed by atoms with Gasteiger partial charge in [0, 0.05) is 31.1 Å². The Morgan fingerprint density at radius 1 is 1.24 bits per heavy atom. The molecule has 172 valence electrons. The smallest absolute Gasteiger partial charge is 0.316 e. The summed E-state index contributed by atoms with van der Waals surface area (Å²) in [6, 6.07) is 11.6. The number of hydrogen-bond acceptors (Lipinski definition) is 4. The number of carbonyl (C=O) groups excluding carboxylic acids is 1. The van der Waals surface area contributed by atoms with Crippen molar-refractivity contribution in [1.29, 1.82) is 0 Å². The number of hydrogen-bond donors (Lipinski definition) is 2. The van der Waals surface area contributed by atoms with E-state index in [1.165, 1.54) is 22.8 Å². The average Bonchev–Trinajstić information content (AvgIpc) is 2.78. The minimum Gasteiger partial charge on any atom is -0.508 e. The van der Waals surface area contributed by atoms with Crippen LogP contribution in [0.4, 0.5) is 4.39 Å². The number of H-pyrrole nitrogens is 1. The molecular weight excluding hydrogens is 461 g/mol. The third-order valence-electron chi connectivity index (χ3n) is 6.17. The van der Waals surface area contributed by atoms with E-state index in [4.69, 9.17) is 11.6 Å². The number of halogens is 2. The van der Waals surface area contributed by atoms with Crippen molar-refractivity contribution in [3.63, 3.8) is 0 Å². The van der Waals surface area contributed by atoms with E-state index in [0.29, 0.717) is 29.4 Å². The molecule has 1 aliphatic heterocycles. The fourth-order valence-corrected chi connectivity index (χ4v) is 4.81. The largest absolute Gasteiger partial charge is 0.508 e. The minimum atomic E-state index is -0.959. The Balaban J connectivity index is 1.67. The zero-order valence-electron chi connectivity index (χ0n) is 17.8. The molecule has 0 aliphatic carbocycles. The number of amides is 1. The van der Waals surface area contributed by atoms with Gasteiger partial charge in [-0.25, -0.2) is 4.39 Å². The lowest BCUT2D eigenvalue weighted by Crippen LogP contribution is -2.52. The minimum absolute atomic E-state index is 0.00788. The van der Waals surface area contributed by atoms with Gasteiger partial charge in [-0.1, -0.05) is 42.4 Å². The lowest BCUT2D eigenvalue weighted by molar-refractivity contribution is -0.132. The summed E-state index contributed by atoms with van der Waals surface area (Å²) in [5.74, 6) is -1.16. The molecule has 5 rings (SSSR count). The number of aromatic amines is 1. The standard InChI is InChI=1S/C25H19ClFN3O4/c1-2-20(32)29-10-13(11-29)12-30-19-9-18(26)21(22(27)23(19)28-24(33)25(30)34)17-8-15(31)7-14-5-3-4-6-16(14)17/h2-9,13,31H,1,10-12H2,(H,28,33). The predicted octanol–water partition coefficient (Wildman–Crippen LogP) is 3.65.